The molecule has 102 valence electrons. The highest BCUT2D eigenvalue weighted by Gasteiger charge is 2.20. The van der Waals surface area contributed by atoms with Crippen LogP contribution in [0, 0.1) is 5.92 Å². The van der Waals surface area contributed by atoms with Crippen LogP contribution in [0.3, 0.4) is 0 Å². The van der Waals surface area contributed by atoms with Gasteiger partial charge >= 0.3 is 0 Å². The number of benzene rings is 1. The van der Waals surface area contributed by atoms with E-state index in [-0.39, 0.29) is 11.2 Å². The van der Waals surface area contributed by atoms with Crippen molar-refractivity contribution in [1.82, 2.24) is 5.32 Å². The number of aliphatic imine (C=N–C) groups is 1. The molecule has 0 bridgehead atoms. The van der Waals surface area contributed by atoms with Crippen LogP contribution in [0.2, 0.25) is 0 Å². The minimum absolute atomic E-state index is 0.0909. The van der Waals surface area contributed by atoms with Crippen LogP contribution < -0.4 is 5.32 Å². The van der Waals surface area contributed by atoms with E-state index in [4.69, 9.17) is 0 Å². The smallest absolute Gasteiger partial charge is 0.233 e. The van der Waals surface area contributed by atoms with Crippen molar-refractivity contribution in [3.8, 4) is 0 Å². The molecule has 1 aliphatic rings. The van der Waals surface area contributed by atoms with Crippen LogP contribution in [0.4, 0.5) is 5.69 Å². The number of amides is 1. The van der Waals surface area contributed by atoms with Crippen molar-refractivity contribution in [2.45, 2.75) is 32.4 Å². The van der Waals surface area contributed by atoms with Crippen LogP contribution in [-0.2, 0) is 11.2 Å². The van der Waals surface area contributed by atoms with E-state index in [1.54, 1.807) is 11.8 Å². The van der Waals surface area contributed by atoms with Gasteiger partial charge in [0.2, 0.25) is 5.91 Å². The van der Waals surface area contributed by atoms with E-state index in [0.29, 0.717) is 5.92 Å². The van der Waals surface area contributed by atoms with Crippen molar-refractivity contribution in [2.75, 3.05) is 6.54 Å². The third kappa shape index (κ3) is 3.83. The molecule has 1 heterocycles. The molecule has 1 aromatic carbocycles. The van der Waals surface area contributed by atoms with E-state index in [9.17, 15) is 4.79 Å². The molecular formula is C15H20N2OS. The Morgan fingerprint density at radius 1 is 1.37 bits per heavy atom. The van der Waals surface area contributed by atoms with Crippen molar-refractivity contribution in [2.24, 2.45) is 10.9 Å². The fourth-order valence-corrected chi connectivity index (χ4v) is 2.87. The molecule has 4 heteroatoms. The molecule has 1 atom stereocenters. The van der Waals surface area contributed by atoms with E-state index in [2.05, 4.69) is 30.2 Å². The first-order chi connectivity index (χ1) is 9.06. The number of carbonyl (C=O) groups is 1. The number of hydrogen-bond donors (Lipinski definition) is 1. The predicted molar refractivity (Wildman–Crippen MR) is 82.1 cm³/mol. The van der Waals surface area contributed by atoms with Gasteiger partial charge in [-0.2, -0.15) is 0 Å². The van der Waals surface area contributed by atoms with Gasteiger partial charge in [-0.15, -0.1) is 0 Å². The lowest BCUT2D eigenvalue weighted by Gasteiger charge is -2.13. The minimum atomic E-state index is -0.0909. The first-order valence-corrected chi connectivity index (χ1v) is 7.54. The standard InChI is InChI=1S/C15H20N2OS/c1-10(2)9-16-15(18)11(3)19-14-8-12-6-4-5-7-13(12)17-14/h4-7,10-11H,8-9H2,1-3H3,(H,16,18)/t11-/m0/s1. The fraction of sp³-hybridized carbons (Fsp3) is 0.467. The molecule has 3 nitrogen and oxygen atoms in total. The molecular weight excluding hydrogens is 256 g/mol. The molecule has 19 heavy (non-hydrogen) atoms. The number of thioether (sulfide) groups is 1. The molecule has 0 fully saturated rings. The quantitative estimate of drug-likeness (QED) is 0.917. The van der Waals surface area contributed by atoms with E-state index in [1.807, 2.05) is 25.1 Å². The lowest BCUT2D eigenvalue weighted by Crippen LogP contribution is -2.34. The number of rotatable bonds is 4. The van der Waals surface area contributed by atoms with Gasteiger partial charge in [-0.05, 0) is 24.5 Å². The van der Waals surface area contributed by atoms with Crippen LogP contribution in [0.1, 0.15) is 26.3 Å². The average molecular weight is 276 g/mol. The Morgan fingerprint density at radius 3 is 2.79 bits per heavy atom. The second-order valence-corrected chi connectivity index (χ2v) is 6.62. The van der Waals surface area contributed by atoms with Crippen molar-refractivity contribution < 1.29 is 4.79 Å². The van der Waals surface area contributed by atoms with Gasteiger partial charge in [0.15, 0.2) is 0 Å². The van der Waals surface area contributed by atoms with Gasteiger partial charge in [-0.3, -0.25) is 4.79 Å². The monoisotopic (exact) mass is 276 g/mol. The molecule has 0 aliphatic carbocycles. The topological polar surface area (TPSA) is 41.5 Å². The Bertz CT molecular complexity index is 497. The molecule has 0 aromatic heterocycles. The summed E-state index contributed by atoms with van der Waals surface area (Å²) in [6, 6.07) is 8.14. The fourth-order valence-electron chi connectivity index (χ4n) is 1.88. The maximum atomic E-state index is 11.9. The third-order valence-corrected chi connectivity index (χ3v) is 4.02. The molecule has 2 rings (SSSR count). The predicted octanol–water partition coefficient (Wildman–Crippen LogP) is 3.17. The molecule has 1 amide bonds. The number of nitrogens with zero attached hydrogens (tertiary/aromatic N) is 1. The summed E-state index contributed by atoms with van der Waals surface area (Å²) >= 11 is 1.56. The van der Waals surface area contributed by atoms with Crippen molar-refractivity contribution >= 4 is 28.4 Å². The molecule has 0 spiro atoms. The largest absolute Gasteiger partial charge is 0.355 e. The molecule has 1 aromatic rings. The van der Waals surface area contributed by atoms with Crippen molar-refractivity contribution in [1.29, 1.82) is 0 Å². The highest BCUT2D eigenvalue weighted by atomic mass is 32.2. The van der Waals surface area contributed by atoms with Gasteiger partial charge in [0.25, 0.3) is 0 Å². The van der Waals surface area contributed by atoms with Gasteiger partial charge in [0.05, 0.1) is 16.0 Å². The Labute approximate surface area is 118 Å². The summed E-state index contributed by atoms with van der Waals surface area (Å²) in [5.74, 6) is 0.576. The van der Waals surface area contributed by atoms with Crippen LogP contribution in [0.5, 0.6) is 0 Å². The zero-order chi connectivity index (χ0) is 13.8. The number of nitrogens with one attached hydrogen (secondary N) is 1. The maximum Gasteiger partial charge on any atom is 0.233 e. The summed E-state index contributed by atoms with van der Waals surface area (Å²) < 4.78 is 0. The number of para-hydroxylation sites is 1. The van der Waals surface area contributed by atoms with E-state index < -0.39 is 0 Å². The van der Waals surface area contributed by atoms with E-state index >= 15 is 0 Å². The highest BCUT2D eigenvalue weighted by Crippen LogP contribution is 2.31. The number of carbonyl (C=O) groups excluding carboxylic acids is 1. The third-order valence-electron chi connectivity index (χ3n) is 2.95. The van der Waals surface area contributed by atoms with Crippen LogP contribution in [0.15, 0.2) is 29.3 Å². The summed E-state index contributed by atoms with van der Waals surface area (Å²) in [5, 5.41) is 3.91. The van der Waals surface area contributed by atoms with Crippen LogP contribution in [0.25, 0.3) is 0 Å². The Morgan fingerprint density at radius 2 is 2.11 bits per heavy atom. The second kappa shape index (κ2) is 6.24. The van der Waals surface area contributed by atoms with Crippen LogP contribution in [-0.4, -0.2) is 22.7 Å². The SMILES string of the molecule is CC(C)CNC(=O)[C@H](C)SC1=Nc2ccccc2C1. The minimum Gasteiger partial charge on any atom is -0.355 e. The average Bonchev–Trinajstić information content (AvgIpc) is 2.77. The van der Waals surface area contributed by atoms with Gasteiger partial charge in [-0.1, -0.05) is 43.8 Å². The first kappa shape index (κ1) is 14.1. The summed E-state index contributed by atoms with van der Waals surface area (Å²) in [4.78, 5) is 16.5. The number of hydrogen-bond acceptors (Lipinski definition) is 3. The summed E-state index contributed by atoms with van der Waals surface area (Å²) in [6.07, 6.45) is 0.850. The lowest BCUT2D eigenvalue weighted by atomic mass is 10.2. The van der Waals surface area contributed by atoms with Crippen molar-refractivity contribution in [3.63, 3.8) is 0 Å². The Kier molecular flexibility index (Phi) is 4.64. The van der Waals surface area contributed by atoms with Gasteiger partial charge < -0.3 is 5.32 Å². The molecule has 0 saturated carbocycles. The normalized spacial score (nSPS) is 15.1. The molecule has 0 saturated heterocycles. The zero-order valence-corrected chi connectivity index (χ0v) is 12.5. The van der Waals surface area contributed by atoms with Crippen LogP contribution >= 0.6 is 11.8 Å². The van der Waals surface area contributed by atoms with Gasteiger partial charge in [-0.25, -0.2) is 4.99 Å². The summed E-state index contributed by atoms with van der Waals surface area (Å²) in [7, 11) is 0. The maximum absolute atomic E-state index is 11.9. The number of fused-ring (bicyclic) bond motifs is 1. The summed E-state index contributed by atoms with van der Waals surface area (Å²) in [6.45, 7) is 6.85. The van der Waals surface area contributed by atoms with Gasteiger partial charge in [0.1, 0.15) is 0 Å². The lowest BCUT2D eigenvalue weighted by molar-refractivity contribution is -0.120. The van der Waals surface area contributed by atoms with E-state index in [0.717, 1.165) is 23.7 Å². The van der Waals surface area contributed by atoms with E-state index in [1.165, 1.54) is 5.56 Å². The van der Waals surface area contributed by atoms with Gasteiger partial charge in [0, 0.05) is 13.0 Å². The highest BCUT2D eigenvalue weighted by molar-refractivity contribution is 8.15. The summed E-state index contributed by atoms with van der Waals surface area (Å²) in [5.41, 5.74) is 2.29. The molecule has 0 unspecified atom stereocenters. The second-order valence-electron chi connectivity index (χ2n) is 5.21. The Hall–Kier alpha value is -1.29. The Balaban J connectivity index is 1.88. The molecule has 1 aliphatic heterocycles. The molecule has 1 N–H and O–H groups in total. The molecule has 0 radical (unpaired) electrons. The van der Waals surface area contributed by atoms with Crippen molar-refractivity contribution in [3.05, 3.63) is 29.8 Å². The zero-order valence-electron chi connectivity index (χ0n) is 11.6. The first-order valence-electron chi connectivity index (χ1n) is 6.66.